The van der Waals surface area contributed by atoms with Crippen LogP contribution in [-0.2, 0) is 0 Å². The van der Waals surface area contributed by atoms with Crippen LogP contribution in [0.3, 0.4) is 0 Å². The van der Waals surface area contributed by atoms with Crippen LogP contribution in [0.4, 0.5) is 5.95 Å². The first kappa shape index (κ1) is 9.45. The third-order valence-electron chi connectivity index (χ3n) is 1.67. The molecule has 0 radical (unpaired) electrons. The Bertz CT molecular complexity index is 323. The van der Waals surface area contributed by atoms with Crippen LogP contribution in [0, 0.1) is 0 Å². The van der Waals surface area contributed by atoms with E-state index in [9.17, 15) is 0 Å². The van der Waals surface area contributed by atoms with Crippen LogP contribution in [0.2, 0.25) is 0 Å². The Morgan fingerprint density at radius 3 is 2.54 bits per heavy atom. The van der Waals surface area contributed by atoms with E-state index in [1.807, 2.05) is 32.1 Å². The van der Waals surface area contributed by atoms with Gasteiger partial charge in [0.15, 0.2) is 0 Å². The minimum absolute atomic E-state index is 0.308. The Morgan fingerprint density at radius 2 is 2.00 bits per heavy atom. The molecule has 0 bridgehead atoms. The van der Waals surface area contributed by atoms with Crippen LogP contribution in [0.1, 0.15) is 19.4 Å². The van der Waals surface area contributed by atoms with Gasteiger partial charge in [-0.2, -0.15) is 0 Å². The van der Waals surface area contributed by atoms with E-state index in [0.29, 0.717) is 5.95 Å². The summed E-state index contributed by atoms with van der Waals surface area (Å²) in [5.41, 5.74) is 7.49. The molecule has 1 aromatic heterocycles. The van der Waals surface area contributed by atoms with Gasteiger partial charge in [0, 0.05) is 18.0 Å². The van der Waals surface area contributed by atoms with Crippen molar-refractivity contribution in [3.05, 3.63) is 36.2 Å². The molecule has 0 aliphatic heterocycles. The van der Waals surface area contributed by atoms with Gasteiger partial charge in [0.2, 0.25) is 5.95 Å². The van der Waals surface area contributed by atoms with E-state index in [1.165, 1.54) is 0 Å². The second-order valence-electron chi connectivity index (χ2n) is 2.71. The average molecular weight is 175 g/mol. The average Bonchev–Trinajstić information content (AvgIpc) is 2.15. The summed E-state index contributed by atoms with van der Waals surface area (Å²) >= 11 is 0. The van der Waals surface area contributed by atoms with Gasteiger partial charge in [-0.3, -0.25) is 0 Å². The van der Waals surface area contributed by atoms with E-state index >= 15 is 0 Å². The van der Waals surface area contributed by atoms with Gasteiger partial charge < -0.3 is 5.73 Å². The molecule has 0 fully saturated rings. The van der Waals surface area contributed by atoms with Gasteiger partial charge in [-0.25, -0.2) is 9.97 Å². The summed E-state index contributed by atoms with van der Waals surface area (Å²) in [4.78, 5) is 7.82. The van der Waals surface area contributed by atoms with Crippen molar-refractivity contribution in [3.63, 3.8) is 0 Å². The fourth-order valence-corrected chi connectivity index (χ4v) is 0.878. The molecule has 68 valence electrons. The van der Waals surface area contributed by atoms with Crippen LogP contribution in [0.5, 0.6) is 0 Å². The van der Waals surface area contributed by atoms with Gasteiger partial charge in [0.1, 0.15) is 0 Å². The van der Waals surface area contributed by atoms with Gasteiger partial charge in [0.05, 0.1) is 0 Å². The number of aromatic nitrogens is 2. The maximum absolute atomic E-state index is 5.37. The predicted octanol–water partition coefficient (Wildman–Crippen LogP) is 2.04. The van der Waals surface area contributed by atoms with Gasteiger partial charge in [-0.1, -0.05) is 18.2 Å². The van der Waals surface area contributed by atoms with Crippen LogP contribution in [0.15, 0.2) is 30.6 Å². The minimum atomic E-state index is 0.308. The van der Waals surface area contributed by atoms with E-state index in [2.05, 4.69) is 9.97 Å². The fourth-order valence-electron chi connectivity index (χ4n) is 0.878. The number of nitrogen functional groups attached to an aromatic ring is 1. The number of nitrogens with zero attached hydrogens (tertiary/aromatic N) is 2. The highest BCUT2D eigenvalue weighted by Gasteiger charge is 1.94. The first-order valence-corrected chi connectivity index (χ1v) is 4.11. The number of rotatable bonds is 2. The van der Waals surface area contributed by atoms with Crippen LogP contribution < -0.4 is 5.73 Å². The molecule has 0 spiro atoms. The molecule has 13 heavy (non-hydrogen) atoms. The predicted molar refractivity (Wildman–Crippen MR) is 54.9 cm³/mol. The van der Waals surface area contributed by atoms with Crippen molar-refractivity contribution in [1.29, 1.82) is 0 Å². The van der Waals surface area contributed by atoms with Crippen LogP contribution in [-0.4, -0.2) is 9.97 Å². The van der Waals surface area contributed by atoms with Crippen molar-refractivity contribution in [2.24, 2.45) is 0 Å². The highest BCUT2D eigenvalue weighted by molar-refractivity contribution is 5.63. The highest BCUT2D eigenvalue weighted by Crippen LogP contribution is 2.11. The molecule has 1 heterocycles. The molecule has 0 aromatic carbocycles. The Hall–Kier alpha value is -1.64. The molecule has 0 saturated carbocycles. The molecular weight excluding hydrogens is 162 g/mol. The molecule has 0 aliphatic rings. The SMILES string of the molecule is C/C=C\C=C(/C)c1cnc(N)nc1. The topological polar surface area (TPSA) is 51.8 Å². The van der Waals surface area contributed by atoms with E-state index in [4.69, 9.17) is 5.73 Å². The maximum atomic E-state index is 5.37. The number of hydrogen-bond acceptors (Lipinski definition) is 3. The standard InChI is InChI=1S/C10H13N3/c1-3-4-5-8(2)9-6-12-10(11)13-7-9/h3-7H,1-2H3,(H2,11,12,13)/b4-3-,8-5+. The number of allylic oxidation sites excluding steroid dienone is 4. The summed E-state index contributed by atoms with van der Waals surface area (Å²) in [7, 11) is 0. The van der Waals surface area contributed by atoms with E-state index in [1.54, 1.807) is 12.4 Å². The fraction of sp³-hybridized carbons (Fsp3) is 0.200. The molecule has 0 aliphatic carbocycles. The van der Waals surface area contributed by atoms with E-state index < -0.39 is 0 Å². The number of anilines is 1. The van der Waals surface area contributed by atoms with Crippen molar-refractivity contribution in [1.82, 2.24) is 9.97 Å². The second-order valence-corrected chi connectivity index (χ2v) is 2.71. The molecule has 0 saturated heterocycles. The summed E-state index contributed by atoms with van der Waals surface area (Å²) in [6, 6.07) is 0. The Labute approximate surface area is 78.0 Å². The van der Waals surface area contributed by atoms with E-state index in [-0.39, 0.29) is 0 Å². The summed E-state index contributed by atoms with van der Waals surface area (Å²) < 4.78 is 0. The Kier molecular flexibility index (Phi) is 3.20. The zero-order chi connectivity index (χ0) is 9.68. The van der Waals surface area contributed by atoms with Crippen molar-refractivity contribution in [3.8, 4) is 0 Å². The summed E-state index contributed by atoms with van der Waals surface area (Å²) in [5, 5.41) is 0. The molecule has 1 aromatic rings. The number of nitrogens with two attached hydrogens (primary N) is 1. The second kappa shape index (κ2) is 4.40. The first-order valence-electron chi connectivity index (χ1n) is 4.11. The van der Waals surface area contributed by atoms with Crippen molar-refractivity contribution < 1.29 is 0 Å². The lowest BCUT2D eigenvalue weighted by Crippen LogP contribution is -1.94. The zero-order valence-electron chi connectivity index (χ0n) is 7.86. The lowest BCUT2D eigenvalue weighted by molar-refractivity contribution is 1.17. The van der Waals surface area contributed by atoms with Crippen molar-refractivity contribution in [2.75, 3.05) is 5.73 Å². The normalized spacial score (nSPS) is 12.3. The molecule has 2 N–H and O–H groups in total. The third-order valence-corrected chi connectivity index (χ3v) is 1.67. The molecule has 1 rings (SSSR count). The molecule has 0 unspecified atom stereocenters. The van der Waals surface area contributed by atoms with Crippen LogP contribution in [0.25, 0.3) is 5.57 Å². The smallest absolute Gasteiger partial charge is 0.219 e. The zero-order valence-corrected chi connectivity index (χ0v) is 7.86. The summed E-state index contributed by atoms with van der Waals surface area (Å²) in [5.74, 6) is 0.308. The monoisotopic (exact) mass is 175 g/mol. The minimum Gasteiger partial charge on any atom is -0.368 e. The largest absolute Gasteiger partial charge is 0.368 e. The van der Waals surface area contributed by atoms with Crippen LogP contribution >= 0.6 is 0 Å². The molecule has 3 nitrogen and oxygen atoms in total. The lowest BCUT2D eigenvalue weighted by atomic mass is 10.1. The summed E-state index contributed by atoms with van der Waals surface area (Å²) in [6.45, 7) is 3.98. The highest BCUT2D eigenvalue weighted by atomic mass is 15.0. The van der Waals surface area contributed by atoms with Gasteiger partial charge in [0.25, 0.3) is 0 Å². The molecule has 0 amide bonds. The van der Waals surface area contributed by atoms with Gasteiger partial charge in [-0.05, 0) is 19.4 Å². The molecule has 0 atom stereocenters. The molecular formula is C10H13N3. The lowest BCUT2D eigenvalue weighted by Gasteiger charge is -1.98. The van der Waals surface area contributed by atoms with Crippen molar-refractivity contribution in [2.45, 2.75) is 13.8 Å². The molecule has 3 heteroatoms. The van der Waals surface area contributed by atoms with Crippen molar-refractivity contribution >= 4 is 11.5 Å². The quantitative estimate of drug-likeness (QED) is 0.700. The number of hydrogen-bond donors (Lipinski definition) is 1. The van der Waals surface area contributed by atoms with Gasteiger partial charge in [-0.15, -0.1) is 0 Å². The Balaban J connectivity index is 2.89. The first-order chi connectivity index (χ1) is 6.24. The van der Waals surface area contributed by atoms with Gasteiger partial charge >= 0.3 is 0 Å². The summed E-state index contributed by atoms with van der Waals surface area (Å²) in [6.07, 6.45) is 9.40. The van der Waals surface area contributed by atoms with E-state index in [0.717, 1.165) is 11.1 Å². The Morgan fingerprint density at radius 1 is 1.38 bits per heavy atom. The third kappa shape index (κ3) is 2.71. The maximum Gasteiger partial charge on any atom is 0.219 e.